The minimum atomic E-state index is -0.167. The Bertz CT molecular complexity index is 833. The number of amides is 2. The molecule has 0 saturated heterocycles. The first kappa shape index (κ1) is 17.9. The molecule has 0 saturated carbocycles. The maximum Gasteiger partial charge on any atom is 0.265 e. The van der Waals surface area contributed by atoms with E-state index in [1.165, 1.54) is 0 Å². The number of rotatable bonds is 5. The van der Waals surface area contributed by atoms with Crippen LogP contribution in [0, 0.1) is 6.92 Å². The predicted molar refractivity (Wildman–Crippen MR) is 102 cm³/mol. The Hall–Kier alpha value is -2.86. The predicted octanol–water partition coefficient (Wildman–Crippen LogP) is 2.53. The highest BCUT2D eigenvalue weighted by Crippen LogP contribution is 2.34. The molecule has 1 N–H and O–H groups in total. The van der Waals surface area contributed by atoms with Crippen molar-refractivity contribution in [2.45, 2.75) is 6.92 Å². The van der Waals surface area contributed by atoms with Crippen LogP contribution in [0.3, 0.4) is 0 Å². The molecule has 26 heavy (non-hydrogen) atoms. The van der Waals surface area contributed by atoms with Gasteiger partial charge in [-0.15, -0.1) is 0 Å². The maximum atomic E-state index is 12.5. The smallest absolute Gasteiger partial charge is 0.265 e. The molecular formula is C20H23N3O3. The summed E-state index contributed by atoms with van der Waals surface area (Å²) < 4.78 is 5.57. The van der Waals surface area contributed by atoms with Crippen LogP contribution in [0.5, 0.6) is 5.75 Å². The second-order valence-corrected chi connectivity index (χ2v) is 6.59. The zero-order valence-electron chi connectivity index (χ0n) is 15.3. The molecule has 6 heteroatoms. The van der Waals surface area contributed by atoms with E-state index in [1.54, 1.807) is 23.1 Å². The number of carbonyl (C=O) groups is 2. The van der Waals surface area contributed by atoms with Gasteiger partial charge in [-0.05, 0) is 44.8 Å². The molecule has 0 aromatic heterocycles. The molecule has 2 amide bonds. The number of hydrogen-bond donors (Lipinski definition) is 1. The van der Waals surface area contributed by atoms with Crippen LogP contribution in [0.25, 0.3) is 0 Å². The van der Waals surface area contributed by atoms with Crippen LogP contribution in [0.4, 0.5) is 11.4 Å². The van der Waals surface area contributed by atoms with Gasteiger partial charge >= 0.3 is 0 Å². The Morgan fingerprint density at radius 3 is 2.73 bits per heavy atom. The molecular weight excluding hydrogens is 330 g/mol. The van der Waals surface area contributed by atoms with E-state index in [9.17, 15) is 9.59 Å². The van der Waals surface area contributed by atoms with Gasteiger partial charge in [0.05, 0.1) is 5.69 Å². The van der Waals surface area contributed by atoms with Crippen molar-refractivity contribution in [3.05, 3.63) is 53.6 Å². The molecule has 0 atom stereocenters. The van der Waals surface area contributed by atoms with Crippen molar-refractivity contribution in [2.24, 2.45) is 0 Å². The lowest BCUT2D eigenvalue weighted by molar-refractivity contribution is -0.121. The highest BCUT2D eigenvalue weighted by Gasteiger charge is 2.25. The third-order valence-electron chi connectivity index (χ3n) is 4.32. The van der Waals surface area contributed by atoms with E-state index in [4.69, 9.17) is 4.74 Å². The Morgan fingerprint density at radius 2 is 2.00 bits per heavy atom. The number of ether oxygens (including phenoxy) is 1. The van der Waals surface area contributed by atoms with Gasteiger partial charge in [-0.25, -0.2) is 0 Å². The summed E-state index contributed by atoms with van der Waals surface area (Å²) in [6.07, 6.45) is 0. The van der Waals surface area contributed by atoms with Gasteiger partial charge in [-0.1, -0.05) is 18.2 Å². The van der Waals surface area contributed by atoms with Crippen LogP contribution in [0.1, 0.15) is 15.9 Å². The number of benzene rings is 2. The number of nitrogens with one attached hydrogen (secondary N) is 1. The largest absolute Gasteiger partial charge is 0.481 e. The van der Waals surface area contributed by atoms with Crippen LogP contribution in [0.2, 0.25) is 0 Å². The topological polar surface area (TPSA) is 61.9 Å². The Labute approximate surface area is 153 Å². The fourth-order valence-electron chi connectivity index (χ4n) is 2.85. The molecule has 0 fully saturated rings. The lowest BCUT2D eigenvalue weighted by Crippen LogP contribution is -2.42. The van der Waals surface area contributed by atoms with E-state index >= 15 is 0 Å². The molecule has 1 heterocycles. The van der Waals surface area contributed by atoms with Crippen LogP contribution >= 0.6 is 0 Å². The number of nitrogens with zero attached hydrogens (tertiary/aromatic N) is 2. The minimum absolute atomic E-state index is 0.00955. The summed E-state index contributed by atoms with van der Waals surface area (Å²) in [6, 6.07) is 12.8. The average Bonchev–Trinajstić information content (AvgIpc) is 2.61. The average molecular weight is 353 g/mol. The zero-order valence-corrected chi connectivity index (χ0v) is 15.3. The summed E-state index contributed by atoms with van der Waals surface area (Å²) in [5.41, 5.74) is 2.92. The first-order chi connectivity index (χ1) is 12.5. The van der Waals surface area contributed by atoms with Crippen molar-refractivity contribution in [1.82, 2.24) is 4.90 Å². The van der Waals surface area contributed by atoms with E-state index in [1.807, 2.05) is 50.2 Å². The second kappa shape index (κ2) is 7.58. The zero-order chi connectivity index (χ0) is 18.7. The third kappa shape index (κ3) is 3.86. The summed E-state index contributed by atoms with van der Waals surface area (Å²) >= 11 is 0. The Kier molecular flexibility index (Phi) is 5.23. The first-order valence-corrected chi connectivity index (χ1v) is 8.54. The highest BCUT2D eigenvalue weighted by atomic mass is 16.5. The molecule has 136 valence electrons. The summed E-state index contributed by atoms with van der Waals surface area (Å²) in [5.74, 6) is 0.376. The lowest BCUT2D eigenvalue weighted by Gasteiger charge is -2.30. The normalized spacial score (nSPS) is 13.4. The van der Waals surface area contributed by atoms with E-state index in [-0.39, 0.29) is 18.4 Å². The van der Waals surface area contributed by atoms with Crippen LogP contribution < -0.4 is 15.0 Å². The van der Waals surface area contributed by atoms with Crippen molar-refractivity contribution < 1.29 is 14.3 Å². The number of fused-ring (bicyclic) bond motifs is 1. The summed E-state index contributed by atoms with van der Waals surface area (Å²) in [5, 5.41) is 2.89. The van der Waals surface area contributed by atoms with Crippen molar-refractivity contribution in [3.8, 4) is 5.75 Å². The van der Waals surface area contributed by atoms with Crippen molar-refractivity contribution in [2.75, 3.05) is 44.0 Å². The number of anilines is 2. The molecule has 1 aliphatic rings. The fourth-order valence-corrected chi connectivity index (χ4v) is 2.85. The van der Waals surface area contributed by atoms with Gasteiger partial charge in [0, 0.05) is 30.4 Å². The van der Waals surface area contributed by atoms with E-state index in [2.05, 4.69) is 5.32 Å². The van der Waals surface area contributed by atoms with E-state index < -0.39 is 0 Å². The molecule has 0 aliphatic carbocycles. The number of aryl methyl sites for hydroxylation is 1. The van der Waals surface area contributed by atoms with Gasteiger partial charge < -0.3 is 19.9 Å². The molecule has 3 rings (SSSR count). The minimum Gasteiger partial charge on any atom is -0.481 e. The van der Waals surface area contributed by atoms with Gasteiger partial charge in [0.1, 0.15) is 5.75 Å². The Balaban J connectivity index is 1.79. The maximum absolute atomic E-state index is 12.5. The molecule has 2 aromatic rings. The lowest BCUT2D eigenvalue weighted by atomic mass is 10.1. The molecule has 2 aromatic carbocycles. The quantitative estimate of drug-likeness (QED) is 0.897. The molecule has 0 spiro atoms. The van der Waals surface area contributed by atoms with E-state index in [0.717, 1.165) is 17.8 Å². The first-order valence-electron chi connectivity index (χ1n) is 8.54. The highest BCUT2D eigenvalue weighted by molar-refractivity contribution is 6.06. The summed E-state index contributed by atoms with van der Waals surface area (Å²) in [6.45, 7) is 3.27. The summed E-state index contributed by atoms with van der Waals surface area (Å²) in [7, 11) is 3.94. The number of likely N-dealkylation sites (N-methyl/N-ethyl adjacent to an activating group) is 1. The van der Waals surface area contributed by atoms with Gasteiger partial charge in [-0.2, -0.15) is 0 Å². The van der Waals surface area contributed by atoms with Crippen molar-refractivity contribution in [3.63, 3.8) is 0 Å². The number of carbonyl (C=O) groups excluding carboxylic acids is 2. The molecule has 0 bridgehead atoms. The van der Waals surface area contributed by atoms with Crippen LogP contribution in [-0.4, -0.2) is 50.5 Å². The van der Waals surface area contributed by atoms with Gasteiger partial charge in [0.15, 0.2) is 6.61 Å². The monoisotopic (exact) mass is 353 g/mol. The van der Waals surface area contributed by atoms with Gasteiger partial charge in [-0.3, -0.25) is 9.59 Å². The van der Waals surface area contributed by atoms with Crippen LogP contribution in [0.15, 0.2) is 42.5 Å². The van der Waals surface area contributed by atoms with Gasteiger partial charge in [0.25, 0.3) is 11.8 Å². The third-order valence-corrected chi connectivity index (χ3v) is 4.32. The molecule has 0 unspecified atom stereocenters. The Morgan fingerprint density at radius 1 is 1.23 bits per heavy atom. The molecule has 6 nitrogen and oxygen atoms in total. The van der Waals surface area contributed by atoms with Gasteiger partial charge in [0.2, 0.25) is 0 Å². The number of hydrogen-bond acceptors (Lipinski definition) is 4. The van der Waals surface area contributed by atoms with Crippen molar-refractivity contribution in [1.29, 1.82) is 0 Å². The van der Waals surface area contributed by atoms with E-state index in [0.29, 0.717) is 23.5 Å². The van der Waals surface area contributed by atoms with Crippen molar-refractivity contribution >= 4 is 23.2 Å². The van der Waals surface area contributed by atoms with Crippen LogP contribution in [-0.2, 0) is 4.79 Å². The standard InChI is InChI=1S/C20H23N3O3/c1-14-6-4-5-7-16(14)20(25)21-15-8-9-17-18(12-15)26-13-19(24)23(17)11-10-22(2)3/h4-9,12H,10-11,13H2,1-3H3,(H,21,25). The second-order valence-electron chi connectivity index (χ2n) is 6.59. The molecule has 1 aliphatic heterocycles. The SMILES string of the molecule is Cc1ccccc1C(=O)Nc1ccc2c(c1)OCC(=O)N2CCN(C)C. The summed E-state index contributed by atoms with van der Waals surface area (Å²) in [4.78, 5) is 28.4. The fraction of sp³-hybridized carbons (Fsp3) is 0.300. The molecule has 0 radical (unpaired) electrons.